The normalized spacial score (nSPS) is 11.1. The fourth-order valence-electron chi connectivity index (χ4n) is 1.81. The van der Waals surface area contributed by atoms with Crippen molar-refractivity contribution in [3.8, 4) is 0 Å². The van der Waals surface area contributed by atoms with E-state index in [-0.39, 0.29) is 17.4 Å². The molecule has 0 fully saturated rings. The van der Waals surface area contributed by atoms with Crippen LogP contribution in [-0.4, -0.2) is 17.4 Å². The summed E-state index contributed by atoms with van der Waals surface area (Å²) in [6.45, 7) is 5.97. The largest absolute Gasteiger partial charge is 0.457 e. The summed E-state index contributed by atoms with van der Waals surface area (Å²) in [7, 11) is 0. The number of anilines is 1. The first-order valence-electron chi connectivity index (χ1n) is 7.29. The van der Waals surface area contributed by atoms with Crippen molar-refractivity contribution in [2.45, 2.75) is 32.7 Å². The molecule has 1 heterocycles. The van der Waals surface area contributed by atoms with Crippen molar-refractivity contribution in [3.05, 3.63) is 52.4 Å². The van der Waals surface area contributed by atoms with E-state index < -0.39 is 0 Å². The second-order valence-electron chi connectivity index (χ2n) is 5.86. The molecular weight excluding hydrogens is 360 g/mol. The van der Waals surface area contributed by atoms with Gasteiger partial charge in [-0.05, 0) is 60.5 Å². The second-order valence-corrected chi connectivity index (χ2v) is 6.64. The second kappa shape index (κ2) is 7.00. The summed E-state index contributed by atoms with van der Waals surface area (Å²) < 4.78 is 5.53. The fourth-order valence-corrected chi connectivity index (χ4v) is 2.15. The van der Waals surface area contributed by atoms with Crippen molar-refractivity contribution in [2.75, 3.05) is 5.32 Å². The lowest BCUT2D eigenvalue weighted by Gasteiger charge is -2.24. The highest BCUT2D eigenvalue weighted by Gasteiger charge is 2.18. The Labute approximate surface area is 143 Å². The molecule has 122 valence electrons. The summed E-state index contributed by atoms with van der Waals surface area (Å²) in [5.41, 5.74) is 1.33. The van der Waals surface area contributed by atoms with E-state index in [2.05, 4.69) is 26.6 Å². The molecule has 2 rings (SSSR count). The molecule has 1 aromatic carbocycles. The number of hydrogen-bond acceptors (Lipinski definition) is 3. The minimum atomic E-state index is -0.274. The lowest BCUT2D eigenvalue weighted by atomic mass is 10.0. The van der Waals surface area contributed by atoms with Gasteiger partial charge in [0.05, 0.1) is 5.56 Å². The van der Waals surface area contributed by atoms with Crippen molar-refractivity contribution < 1.29 is 14.0 Å². The minimum absolute atomic E-state index is 0.131. The van der Waals surface area contributed by atoms with Gasteiger partial charge >= 0.3 is 0 Å². The van der Waals surface area contributed by atoms with Gasteiger partial charge in [-0.15, -0.1) is 0 Å². The Bertz CT molecular complexity index is 705. The predicted molar refractivity (Wildman–Crippen MR) is 92.6 cm³/mol. The van der Waals surface area contributed by atoms with Gasteiger partial charge < -0.3 is 15.1 Å². The topological polar surface area (TPSA) is 71.3 Å². The van der Waals surface area contributed by atoms with Crippen molar-refractivity contribution in [2.24, 2.45) is 0 Å². The average Bonchev–Trinajstić information content (AvgIpc) is 2.94. The van der Waals surface area contributed by atoms with Gasteiger partial charge in [0.2, 0.25) is 0 Å². The van der Waals surface area contributed by atoms with Crippen LogP contribution in [0.15, 0.2) is 45.7 Å². The predicted octanol–water partition coefficient (Wildman–Crippen LogP) is 4.21. The van der Waals surface area contributed by atoms with Crippen LogP contribution in [-0.2, 0) is 0 Å². The van der Waals surface area contributed by atoms with Gasteiger partial charge in [-0.2, -0.15) is 0 Å². The molecule has 5 nitrogen and oxygen atoms in total. The van der Waals surface area contributed by atoms with Crippen molar-refractivity contribution in [3.63, 3.8) is 0 Å². The maximum Gasteiger partial charge on any atom is 0.258 e. The van der Waals surface area contributed by atoms with Crippen LogP contribution in [0, 0.1) is 0 Å². The number of hydrogen-bond donors (Lipinski definition) is 2. The van der Waals surface area contributed by atoms with Gasteiger partial charge in [0.15, 0.2) is 4.67 Å². The van der Waals surface area contributed by atoms with E-state index in [9.17, 15) is 9.59 Å². The molecule has 0 aliphatic heterocycles. The molecule has 2 aromatic rings. The number of rotatable bonds is 5. The SMILES string of the molecule is CCC(C)(C)NC(=O)c1ccc(NC(=O)c2coc(Br)c2)cc1. The van der Waals surface area contributed by atoms with Crippen LogP contribution in [0.1, 0.15) is 47.9 Å². The summed E-state index contributed by atoms with van der Waals surface area (Å²) in [4.78, 5) is 24.2. The molecule has 0 aliphatic rings. The molecule has 0 bridgehead atoms. The van der Waals surface area contributed by atoms with E-state index in [4.69, 9.17) is 4.42 Å². The van der Waals surface area contributed by atoms with Gasteiger partial charge in [-0.1, -0.05) is 6.92 Å². The van der Waals surface area contributed by atoms with Crippen LogP contribution in [0.25, 0.3) is 0 Å². The van der Waals surface area contributed by atoms with Crippen LogP contribution >= 0.6 is 15.9 Å². The molecule has 0 saturated carbocycles. The summed E-state index contributed by atoms with van der Waals surface area (Å²) >= 11 is 3.15. The third-order valence-corrected chi connectivity index (χ3v) is 3.99. The van der Waals surface area contributed by atoms with Crippen molar-refractivity contribution in [1.29, 1.82) is 0 Å². The first kappa shape index (κ1) is 17.3. The lowest BCUT2D eigenvalue weighted by molar-refractivity contribution is 0.0911. The van der Waals surface area contributed by atoms with Crippen LogP contribution in [0.2, 0.25) is 0 Å². The van der Waals surface area contributed by atoms with E-state index in [1.165, 1.54) is 6.26 Å². The smallest absolute Gasteiger partial charge is 0.258 e. The molecule has 0 spiro atoms. The highest BCUT2D eigenvalue weighted by molar-refractivity contribution is 9.10. The Morgan fingerprint density at radius 3 is 2.30 bits per heavy atom. The van der Waals surface area contributed by atoms with Gasteiger partial charge in [-0.3, -0.25) is 9.59 Å². The number of carbonyl (C=O) groups is 2. The lowest BCUT2D eigenvalue weighted by Crippen LogP contribution is -2.42. The number of benzene rings is 1. The van der Waals surface area contributed by atoms with Gasteiger partial charge in [-0.25, -0.2) is 0 Å². The van der Waals surface area contributed by atoms with E-state index in [1.807, 2.05) is 20.8 Å². The number of amides is 2. The van der Waals surface area contributed by atoms with Crippen LogP contribution < -0.4 is 10.6 Å². The molecule has 0 aliphatic carbocycles. The number of carbonyl (C=O) groups excluding carboxylic acids is 2. The molecule has 1 aromatic heterocycles. The number of furan rings is 1. The molecule has 0 atom stereocenters. The maximum atomic E-state index is 12.2. The highest BCUT2D eigenvalue weighted by atomic mass is 79.9. The monoisotopic (exact) mass is 378 g/mol. The molecule has 23 heavy (non-hydrogen) atoms. The Balaban J connectivity index is 2.02. The quantitative estimate of drug-likeness (QED) is 0.818. The zero-order valence-corrected chi connectivity index (χ0v) is 14.9. The Morgan fingerprint density at radius 2 is 1.78 bits per heavy atom. The molecular formula is C17H19BrN2O3. The number of nitrogens with one attached hydrogen (secondary N) is 2. The van der Waals surface area contributed by atoms with E-state index in [0.29, 0.717) is 21.5 Å². The summed E-state index contributed by atoms with van der Waals surface area (Å²) in [5.74, 6) is -0.405. The molecule has 0 unspecified atom stereocenters. The Morgan fingerprint density at radius 1 is 1.13 bits per heavy atom. The van der Waals surface area contributed by atoms with E-state index in [1.54, 1.807) is 30.3 Å². The highest BCUT2D eigenvalue weighted by Crippen LogP contribution is 2.17. The average molecular weight is 379 g/mol. The number of halogens is 1. The maximum absolute atomic E-state index is 12.2. The van der Waals surface area contributed by atoms with Gasteiger partial charge in [0, 0.05) is 22.9 Å². The molecule has 2 N–H and O–H groups in total. The van der Waals surface area contributed by atoms with Gasteiger partial charge in [0.25, 0.3) is 11.8 Å². The summed E-state index contributed by atoms with van der Waals surface area (Å²) in [6.07, 6.45) is 2.21. The first-order chi connectivity index (χ1) is 10.8. The van der Waals surface area contributed by atoms with Crippen molar-refractivity contribution >= 4 is 33.4 Å². The van der Waals surface area contributed by atoms with Crippen LogP contribution in [0.3, 0.4) is 0 Å². The Hall–Kier alpha value is -2.08. The first-order valence-corrected chi connectivity index (χ1v) is 8.08. The fraction of sp³-hybridized carbons (Fsp3) is 0.294. The standard InChI is InChI=1S/C17H19BrN2O3/c1-4-17(2,3)20-16(22)11-5-7-13(8-6-11)19-15(21)12-9-14(18)23-10-12/h5-10H,4H2,1-3H3,(H,19,21)(H,20,22). The van der Waals surface area contributed by atoms with Crippen LogP contribution in [0.5, 0.6) is 0 Å². The molecule has 0 saturated heterocycles. The zero-order valence-electron chi connectivity index (χ0n) is 13.3. The molecule has 6 heteroatoms. The third-order valence-electron chi connectivity index (χ3n) is 3.57. The van der Waals surface area contributed by atoms with Crippen LogP contribution in [0.4, 0.5) is 5.69 Å². The van der Waals surface area contributed by atoms with E-state index >= 15 is 0 Å². The Kier molecular flexibility index (Phi) is 5.26. The van der Waals surface area contributed by atoms with Gasteiger partial charge in [0.1, 0.15) is 6.26 Å². The minimum Gasteiger partial charge on any atom is -0.457 e. The molecule has 2 amide bonds. The van der Waals surface area contributed by atoms with Crippen molar-refractivity contribution in [1.82, 2.24) is 5.32 Å². The zero-order chi connectivity index (χ0) is 17.0. The van der Waals surface area contributed by atoms with E-state index in [0.717, 1.165) is 6.42 Å². The molecule has 0 radical (unpaired) electrons. The summed E-state index contributed by atoms with van der Waals surface area (Å²) in [5, 5.41) is 5.71. The summed E-state index contributed by atoms with van der Waals surface area (Å²) in [6, 6.07) is 8.34. The third kappa shape index (κ3) is 4.69.